The molecule has 1 N–H and O–H groups in total. The van der Waals surface area contributed by atoms with Gasteiger partial charge in [0.25, 0.3) is 11.4 Å². The fraction of sp³-hybridized carbons (Fsp3) is 0.263. The first-order chi connectivity index (χ1) is 13.2. The van der Waals surface area contributed by atoms with Gasteiger partial charge in [-0.2, -0.15) is 4.98 Å². The summed E-state index contributed by atoms with van der Waals surface area (Å²) in [6.45, 7) is 2.62. The molecule has 8 nitrogen and oxygen atoms in total. The van der Waals surface area contributed by atoms with E-state index in [1.165, 1.54) is 6.07 Å². The lowest BCUT2D eigenvalue weighted by molar-refractivity contribution is 0.0508. The number of esters is 1. The quantitative estimate of drug-likeness (QED) is 0.607. The largest absolute Gasteiger partial charge is 0.460 e. The molecule has 0 bridgehead atoms. The van der Waals surface area contributed by atoms with E-state index in [0.29, 0.717) is 6.54 Å². The van der Waals surface area contributed by atoms with E-state index in [1.54, 1.807) is 23.8 Å². The van der Waals surface area contributed by atoms with Crippen LogP contribution in [0.3, 0.4) is 0 Å². The molecule has 0 amide bonds. The monoisotopic (exact) mass is 368 g/mol. The van der Waals surface area contributed by atoms with Gasteiger partial charge in [-0.15, -0.1) is 0 Å². The van der Waals surface area contributed by atoms with E-state index in [-0.39, 0.29) is 36.5 Å². The van der Waals surface area contributed by atoms with E-state index in [2.05, 4.69) is 15.5 Å². The molecule has 0 aliphatic carbocycles. The summed E-state index contributed by atoms with van der Waals surface area (Å²) in [4.78, 5) is 27.7. The third-order valence-corrected chi connectivity index (χ3v) is 3.91. The number of ether oxygens (including phenoxy) is 1. The molecular formula is C19H20N4O4. The van der Waals surface area contributed by atoms with Gasteiger partial charge in [-0.25, -0.2) is 4.79 Å². The number of carbonyl (C=O) groups is 1. The lowest BCUT2D eigenvalue weighted by Crippen LogP contribution is -2.29. The van der Waals surface area contributed by atoms with Crippen LogP contribution in [0.2, 0.25) is 0 Å². The maximum absolute atomic E-state index is 12.0. The Morgan fingerprint density at radius 3 is 2.74 bits per heavy atom. The van der Waals surface area contributed by atoms with E-state index in [0.717, 1.165) is 5.56 Å². The summed E-state index contributed by atoms with van der Waals surface area (Å²) in [5.41, 5.74) is 0.931. The average molecular weight is 368 g/mol. The average Bonchev–Trinajstić information content (AvgIpc) is 3.16. The van der Waals surface area contributed by atoms with Crippen molar-refractivity contribution >= 4 is 5.97 Å². The van der Waals surface area contributed by atoms with Gasteiger partial charge >= 0.3 is 5.97 Å². The number of rotatable bonds is 8. The number of hydrogen-bond donors (Lipinski definition) is 1. The lowest BCUT2D eigenvalue weighted by atomic mass is 10.1. The lowest BCUT2D eigenvalue weighted by Gasteiger charge is -2.19. The molecule has 0 fully saturated rings. The minimum Gasteiger partial charge on any atom is -0.460 e. The van der Waals surface area contributed by atoms with Gasteiger partial charge < -0.3 is 13.8 Å². The van der Waals surface area contributed by atoms with Crippen LogP contribution in [0, 0.1) is 0 Å². The first-order valence-electron chi connectivity index (χ1n) is 8.61. The van der Waals surface area contributed by atoms with Crippen molar-refractivity contribution in [1.29, 1.82) is 0 Å². The Balaban J connectivity index is 1.73. The minimum absolute atomic E-state index is 0.0809. The van der Waals surface area contributed by atoms with Gasteiger partial charge in [-0.1, -0.05) is 36.4 Å². The Bertz CT molecular complexity index is 936. The standard InChI is InChI=1S/C19H20N4O4/c1-2-26-19(25)18-21-16(27-22-18)12-20-15(14-8-4-3-5-9-14)13-23-11-7-6-10-17(23)24/h3-11,15,20H,2,12-13H2,1H3. The second-order valence-electron chi connectivity index (χ2n) is 5.77. The van der Waals surface area contributed by atoms with Crippen molar-refractivity contribution in [2.75, 3.05) is 6.61 Å². The van der Waals surface area contributed by atoms with E-state index in [1.807, 2.05) is 36.4 Å². The minimum atomic E-state index is -0.622. The molecule has 0 radical (unpaired) electrons. The summed E-state index contributed by atoms with van der Waals surface area (Å²) in [5.74, 6) is -0.466. The van der Waals surface area contributed by atoms with Gasteiger partial charge in [0.15, 0.2) is 0 Å². The molecule has 27 heavy (non-hydrogen) atoms. The number of hydrogen-bond acceptors (Lipinski definition) is 7. The van der Waals surface area contributed by atoms with Crippen molar-refractivity contribution in [2.24, 2.45) is 0 Å². The Kier molecular flexibility index (Phi) is 6.11. The zero-order valence-electron chi connectivity index (χ0n) is 14.9. The normalized spacial score (nSPS) is 11.9. The maximum Gasteiger partial charge on any atom is 0.379 e. The van der Waals surface area contributed by atoms with E-state index in [4.69, 9.17) is 9.26 Å². The number of nitrogens with one attached hydrogen (secondary N) is 1. The van der Waals surface area contributed by atoms with Gasteiger partial charge in [0, 0.05) is 18.8 Å². The summed E-state index contributed by atoms with van der Waals surface area (Å²) >= 11 is 0. The van der Waals surface area contributed by atoms with Gasteiger partial charge in [0.1, 0.15) is 0 Å². The smallest absolute Gasteiger partial charge is 0.379 e. The van der Waals surface area contributed by atoms with Crippen molar-refractivity contribution in [3.63, 3.8) is 0 Å². The summed E-state index contributed by atoms with van der Waals surface area (Å²) in [6, 6.07) is 14.6. The molecule has 2 aromatic heterocycles. The molecule has 8 heteroatoms. The van der Waals surface area contributed by atoms with Crippen molar-refractivity contribution in [2.45, 2.75) is 26.1 Å². The molecule has 0 saturated carbocycles. The fourth-order valence-corrected chi connectivity index (χ4v) is 2.60. The molecule has 0 saturated heterocycles. The van der Waals surface area contributed by atoms with E-state index < -0.39 is 5.97 Å². The molecule has 0 aliphatic rings. The van der Waals surface area contributed by atoms with Crippen LogP contribution >= 0.6 is 0 Å². The second kappa shape index (κ2) is 8.91. The SMILES string of the molecule is CCOC(=O)c1noc(CNC(Cn2ccccc2=O)c2ccccc2)n1. The summed E-state index contributed by atoms with van der Waals surface area (Å²) in [5, 5.41) is 6.93. The summed E-state index contributed by atoms with van der Waals surface area (Å²) in [7, 11) is 0. The molecule has 0 aliphatic heterocycles. The molecule has 2 heterocycles. The van der Waals surface area contributed by atoms with Crippen molar-refractivity contribution in [1.82, 2.24) is 20.0 Å². The molecule has 140 valence electrons. The molecule has 1 atom stereocenters. The highest BCUT2D eigenvalue weighted by Crippen LogP contribution is 2.15. The number of nitrogens with zero attached hydrogens (tertiary/aromatic N) is 3. The molecule has 0 spiro atoms. The highest BCUT2D eigenvalue weighted by molar-refractivity contribution is 5.84. The fourth-order valence-electron chi connectivity index (χ4n) is 2.60. The summed E-state index contributed by atoms with van der Waals surface area (Å²) < 4.78 is 11.6. The predicted molar refractivity (Wildman–Crippen MR) is 97.0 cm³/mol. The highest BCUT2D eigenvalue weighted by Gasteiger charge is 2.18. The Labute approximate surface area is 155 Å². The van der Waals surface area contributed by atoms with E-state index in [9.17, 15) is 9.59 Å². The number of benzene rings is 1. The van der Waals surface area contributed by atoms with Crippen LogP contribution in [0.1, 0.15) is 35.0 Å². The van der Waals surface area contributed by atoms with Gasteiger partial charge in [0.2, 0.25) is 5.89 Å². The van der Waals surface area contributed by atoms with Crippen molar-refractivity contribution in [3.05, 3.63) is 82.4 Å². The molecule has 3 rings (SSSR count). The topological polar surface area (TPSA) is 99.2 Å². The van der Waals surface area contributed by atoms with Crippen molar-refractivity contribution < 1.29 is 14.1 Å². The third-order valence-electron chi connectivity index (χ3n) is 3.91. The Hall–Kier alpha value is -3.26. The van der Waals surface area contributed by atoms with Gasteiger partial charge in [-0.05, 0) is 23.7 Å². The van der Waals surface area contributed by atoms with Gasteiger partial charge in [0.05, 0.1) is 19.2 Å². The van der Waals surface area contributed by atoms with Crippen LogP contribution < -0.4 is 10.9 Å². The van der Waals surface area contributed by atoms with Crippen LogP contribution in [0.25, 0.3) is 0 Å². The zero-order valence-corrected chi connectivity index (χ0v) is 14.9. The van der Waals surface area contributed by atoms with E-state index >= 15 is 0 Å². The van der Waals surface area contributed by atoms with Gasteiger partial charge in [-0.3, -0.25) is 10.1 Å². The second-order valence-corrected chi connectivity index (χ2v) is 5.77. The maximum atomic E-state index is 12.0. The van der Waals surface area contributed by atoms with Crippen LogP contribution in [-0.2, 0) is 17.8 Å². The van der Waals surface area contributed by atoms with Crippen LogP contribution in [0.4, 0.5) is 0 Å². The zero-order chi connectivity index (χ0) is 19.1. The first-order valence-corrected chi connectivity index (χ1v) is 8.61. The highest BCUT2D eigenvalue weighted by atomic mass is 16.5. The molecular weight excluding hydrogens is 348 g/mol. The molecule has 3 aromatic rings. The predicted octanol–water partition coefficient (Wildman–Crippen LogP) is 1.94. The Morgan fingerprint density at radius 2 is 2.00 bits per heavy atom. The Morgan fingerprint density at radius 1 is 1.22 bits per heavy atom. The third kappa shape index (κ3) is 4.89. The van der Waals surface area contributed by atoms with Crippen molar-refractivity contribution in [3.8, 4) is 0 Å². The van der Waals surface area contributed by atoms with Crippen LogP contribution in [-0.4, -0.2) is 27.3 Å². The number of aromatic nitrogens is 3. The first kappa shape index (κ1) is 18.5. The van der Waals surface area contributed by atoms with Crippen LogP contribution in [0.5, 0.6) is 0 Å². The molecule has 1 aromatic carbocycles. The number of carbonyl (C=O) groups excluding carboxylic acids is 1. The molecule has 1 unspecified atom stereocenters. The summed E-state index contributed by atoms with van der Waals surface area (Å²) in [6.07, 6.45) is 1.74. The van der Waals surface area contributed by atoms with Crippen LogP contribution in [0.15, 0.2) is 64.0 Å². The number of pyridine rings is 1.